The van der Waals surface area contributed by atoms with Crippen LogP contribution in [0, 0.1) is 10.8 Å². The molecule has 1 atom stereocenters. The second kappa shape index (κ2) is 5.47. The number of allylic oxidation sites excluding steroid dienone is 2. The summed E-state index contributed by atoms with van der Waals surface area (Å²) in [5.74, 6) is 0.00826. The van der Waals surface area contributed by atoms with E-state index < -0.39 is 6.10 Å². The third-order valence-corrected chi connectivity index (χ3v) is 3.91. The van der Waals surface area contributed by atoms with Gasteiger partial charge in [0.1, 0.15) is 0 Å². The minimum atomic E-state index is -0.741. The molecular formula is C19H25NO2. The van der Waals surface area contributed by atoms with E-state index in [1.54, 1.807) is 30.6 Å². The van der Waals surface area contributed by atoms with Crippen molar-refractivity contribution in [2.45, 2.75) is 47.6 Å². The van der Waals surface area contributed by atoms with Crippen molar-refractivity contribution in [1.29, 1.82) is 0 Å². The summed E-state index contributed by atoms with van der Waals surface area (Å²) in [7, 11) is 0. The first-order valence-electron chi connectivity index (χ1n) is 7.63. The molecule has 1 aliphatic carbocycles. The van der Waals surface area contributed by atoms with E-state index in [-0.39, 0.29) is 16.6 Å². The Bertz CT molecular complexity index is 640. The molecule has 1 aromatic heterocycles. The maximum Gasteiger partial charge on any atom is 0.190 e. The average Bonchev–Trinajstić information content (AvgIpc) is 2.39. The van der Waals surface area contributed by atoms with Crippen molar-refractivity contribution >= 4 is 11.4 Å². The van der Waals surface area contributed by atoms with Crippen LogP contribution < -0.4 is 0 Å². The van der Waals surface area contributed by atoms with E-state index in [1.165, 1.54) is 0 Å². The summed E-state index contributed by atoms with van der Waals surface area (Å²) < 4.78 is 0. The smallest absolute Gasteiger partial charge is 0.190 e. The molecule has 0 fully saturated rings. The minimum absolute atomic E-state index is 0.00826. The molecule has 22 heavy (non-hydrogen) atoms. The van der Waals surface area contributed by atoms with E-state index in [0.717, 1.165) is 16.7 Å². The Kier molecular flexibility index (Phi) is 4.14. The van der Waals surface area contributed by atoms with E-state index in [0.29, 0.717) is 5.57 Å². The molecule has 1 heterocycles. The number of rotatable bonds is 1. The fraction of sp³-hybridized carbons (Fsp3) is 0.474. The quantitative estimate of drug-likeness (QED) is 0.858. The number of pyridine rings is 1. The summed E-state index contributed by atoms with van der Waals surface area (Å²) in [5, 5.41) is 10.7. The summed E-state index contributed by atoms with van der Waals surface area (Å²) in [6.45, 7) is 12.2. The average molecular weight is 299 g/mol. The lowest BCUT2D eigenvalue weighted by atomic mass is 9.67. The van der Waals surface area contributed by atoms with Crippen molar-refractivity contribution in [1.82, 2.24) is 4.98 Å². The third-order valence-electron chi connectivity index (χ3n) is 3.91. The van der Waals surface area contributed by atoms with E-state index in [4.69, 9.17) is 0 Å². The molecule has 1 N–H and O–H groups in total. The number of aliphatic hydroxyl groups excluding tert-OH is 1. The molecule has 1 unspecified atom stereocenters. The van der Waals surface area contributed by atoms with Crippen molar-refractivity contribution < 1.29 is 9.90 Å². The Morgan fingerprint density at radius 2 is 1.55 bits per heavy atom. The SMILES string of the molecule is CC(C)(C)C1=C(C(C)(C)C)C(O)C=C(c2ccncc2)C1=O. The van der Waals surface area contributed by atoms with Crippen molar-refractivity contribution in [3.05, 3.63) is 47.3 Å². The molecular weight excluding hydrogens is 274 g/mol. The van der Waals surface area contributed by atoms with Gasteiger partial charge in [0.25, 0.3) is 0 Å². The van der Waals surface area contributed by atoms with Gasteiger partial charge in [-0.1, -0.05) is 41.5 Å². The highest BCUT2D eigenvalue weighted by Crippen LogP contribution is 2.44. The van der Waals surface area contributed by atoms with E-state index in [9.17, 15) is 9.90 Å². The highest BCUT2D eigenvalue weighted by molar-refractivity contribution is 6.30. The molecule has 1 aliphatic rings. The Labute approximate surface area is 132 Å². The van der Waals surface area contributed by atoms with Crippen molar-refractivity contribution in [2.24, 2.45) is 10.8 Å². The number of nitrogens with zero attached hydrogens (tertiary/aromatic N) is 1. The van der Waals surface area contributed by atoms with Gasteiger partial charge in [-0.25, -0.2) is 0 Å². The molecule has 0 radical (unpaired) electrons. The Morgan fingerprint density at radius 1 is 1.00 bits per heavy atom. The zero-order chi connectivity index (χ0) is 16.7. The van der Waals surface area contributed by atoms with Crippen LogP contribution in [0.2, 0.25) is 0 Å². The molecule has 118 valence electrons. The summed E-state index contributed by atoms with van der Waals surface area (Å²) in [5.41, 5.74) is 2.32. The number of hydrogen-bond donors (Lipinski definition) is 1. The number of ketones is 1. The fourth-order valence-corrected chi connectivity index (χ4v) is 3.04. The van der Waals surface area contributed by atoms with Gasteiger partial charge in [-0.2, -0.15) is 0 Å². The molecule has 0 aromatic carbocycles. The molecule has 0 saturated carbocycles. The van der Waals surface area contributed by atoms with Gasteiger partial charge in [-0.3, -0.25) is 9.78 Å². The predicted octanol–water partition coefficient (Wildman–Crippen LogP) is 3.80. The number of Topliss-reactive ketones (excluding diaryl/α,β-unsaturated/α-hetero) is 1. The summed E-state index contributed by atoms with van der Waals surface area (Å²) >= 11 is 0. The molecule has 3 nitrogen and oxygen atoms in total. The molecule has 0 bridgehead atoms. The summed E-state index contributed by atoms with van der Waals surface area (Å²) in [6.07, 6.45) is 4.26. The van der Waals surface area contributed by atoms with Crippen LogP contribution in [-0.2, 0) is 4.79 Å². The normalized spacial score (nSPS) is 20.2. The van der Waals surface area contributed by atoms with Crippen molar-refractivity contribution in [3.8, 4) is 0 Å². The molecule has 0 spiro atoms. The van der Waals surface area contributed by atoms with Crippen LogP contribution in [0.15, 0.2) is 41.7 Å². The van der Waals surface area contributed by atoms with Crippen LogP contribution in [0.1, 0.15) is 47.1 Å². The minimum Gasteiger partial charge on any atom is -0.385 e. The Balaban J connectivity index is 2.65. The van der Waals surface area contributed by atoms with Gasteiger partial charge in [0.2, 0.25) is 0 Å². The lowest BCUT2D eigenvalue weighted by molar-refractivity contribution is -0.111. The van der Waals surface area contributed by atoms with Gasteiger partial charge < -0.3 is 5.11 Å². The van der Waals surface area contributed by atoms with Gasteiger partial charge in [0, 0.05) is 23.5 Å². The van der Waals surface area contributed by atoms with Crippen LogP contribution in [0.3, 0.4) is 0 Å². The molecule has 1 aromatic rings. The highest BCUT2D eigenvalue weighted by atomic mass is 16.3. The third kappa shape index (κ3) is 3.05. The molecule has 0 aliphatic heterocycles. The lowest BCUT2D eigenvalue weighted by Crippen LogP contribution is -2.34. The topological polar surface area (TPSA) is 50.2 Å². The number of aromatic nitrogens is 1. The maximum absolute atomic E-state index is 13.1. The second-order valence-electron chi connectivity index (χ2n) is 7.88. The maximum atomic E-state index is 13.1. The largest absolute Gasteiger partial charge is 0.385 e. The highest BCUT2D eigenvalue weighted by Gasteiger charge is 2.39. The molecule has 0 amide bonds. The van der Waals surface area contributed by atoms with E-state index in [1.807, 2.05) is 41.5 Å². The van der Waals surface area contributed by atoms with Crippen LogP contribution in [0.4, 0.5) is 0 Å². The van der Waals surface area contributed by atoms with Crippen LogP contribution >= 0.6 is 0 Å². The van der Waals surface area contributed by atoms with Crippen molar-refractivity contribution in [2.75, 3.05) is 0 Å². The first-order valence-corrected chi connectivity index (χ1v) is 7.63. The van der Waals surface area contributed by atoms with Gasteiger partial charge in [-0.15, -0.1) is 0 Å². The number of aliphatic hydroxyl groups is 1. The standard InChI is InChI=1S/C19H25NO2/c1-18(2,3)15-14(21)11-13(12-7-9-20-10-8-12)17(22)16(15)19(4,5)6/h7-11,14,21H,1-6H3. The number of hydrogen-bond acceptors (Lipinski definition) is 3. The zero-order valence-electron chi connectivity index (χ0n) is 14.3. The van der Waals surface area contributed by atoms with Gasteiger partial charge >= 0.3 is 0 Å². The van der Waals surface area contributed by atoms with E-state index >= 15 is 0 Å². The van der Waals surface area contributed by atoms with Gasteiger partial charge in [0.15, 0.2) is 5.78 Å². The predicted molar refractivity (Wildman–Crippen MR) is 89.2 cm³/mol. The molecule has 3 heteroatoms. The summed E-state index contributed by atoms with van der Waals surface area (Å²) in [4.78, 5) is 17.1. The van der Waals surface area contributed by atoms with Crippen LogP contribution in [0.25, 0.3) is 5.57 Å². The molecule has 2 rings (SSSR count). The van der Waals surface area contributed by atoms with Gasteiger partial charge in [-0.05, 0) is 40.2 Å². The first kappa shape index (κ1) is 16.6. The lowest BCUT2D eigenvalue weighted by Gasteiger charge is -2.37. The van der Waals surface area contributed by atoms with Gasteiger partial charge in [0.05, 0.1) is 6.10 Å². The monoisotopic (exact) mass is 299 g/mol. The van der Waals surface area contributed by atoms with Crippen molar-refractivity contribution in [3.63, 3.8) is 0 Å². The fourth-order valence-electron chi connectivity index (χ4n) is 3.04. The van der Waals surface area contributed by atoms with E-state index in [2.05, 4.69) is 4.98 Å². The van der Waals surface area contributed by atoms with Crippen LogP contribution in [0.5, 0.6) is 0 Å². The Morgan fingerprint density at radius 3 is 2.00 bits per heavy atom. The number of carbonyl (C=O) groups excluding carboxylic acids is 1. The molecule has 0 saturated heterocycles. The first-order chi connectivity index (χ1) is 10.0. The summed E-state index contributed by atoms with van der Waals surface area (Å²) in [6, 6.07) is 3.61. The zero-order valence-corrected chi connectivity index (χ0v) is 14.3. The van der Waals surface area contributed by atoms with Crippen LogP contribution in [-0.4, -0.2) is 22.0 Å². The number of carbonyl (C=O) groups is 1. The Hall–Kier alpha value is -1.74. The second-order valence-corrected chi connectivity index (χ2v) is 7.88.